The molecule has 0 bridgehead atoms. The van der Waals surface area contributed by atoms with E-state index in [0.29, 0.717) is 11.3 Å². The molecular formula is C13H13N3O2. The minimum Gasteiger partial charge on any atom is -0.394 e. The Hall–Kier alpha value is -2.16. The summed E-state index contributed by atoms with van der Waals surface area (Å²) in [5, 5.41) is 18.6. The number of aliphatic hydroxyl groups excluding tert-OH is 2. The van der Waals surface area contributed by atoms with Crippen molar-refractivity contribution in [1.29, 1.82) is 0 Å². The van der Waals surface area contributed by atoms with Crippen molar-refractivity contribution in [3.63, 3.8) is 0 Å². The van der Waals surface area contributed by atoms with Crippen molar-refractivity contribution in [2.45, 2.75) is 12.5 Å². The number of fused-ring (bicyclic) bond motifs is 1. The summed E-state index contributed by atoms with van der Waals surface area (Å²) < 4.78 is 0. The maximum Gasteiger partial charge on any atom is 0.134 e. The molecule has 2 rings (SSSR count). The molecule has 0 spiro atoms. The van der Waals surface area contributed by atoms with Crippen LogP contribution in [-0.2, 0) is 0 Å². The van der Waals surface area contributed by atoms with Gasteiger partial charge < -0.3 is 15.9 Å². The molecule has 0 radical (unpaired) electrons. The van der Waals surface area contributed by atoms with Gasteiger partial charge >= 0.3 is 0 Å². The van der Waals surface area contributed by atoms with Crippen LogP contribution in [0.15, 0.2) is 24.5 Å². The molecule has 5 heteroatoms. The lowest BCUT2D eigenvalue weighted by molar-refractivity contribution is 0.0992. The summed E-state index contributed by atoms with van der Waals surface area (Å²) in [6.45, 7) is -0.292. The second-order valence-electron chi connectivity index (χ2n) is 3.80. The Morgan fingerprint density at radius 3 is 2.94 bits per heavy atom. The summed E-state index contributed by atoms with van der Waals surface area (Å²) in [6, 6.07) is 5.49. The highest BCUT2D eigenvalue weighted by atomic mass is 16.3. The number of para-hydroxylation sites is 1. The van der Waals surface area contributed by atoms with Gasteiger partial charge in [0, 0.05) is 11.8 Å². The topological polar surface area (TPSA) is 92.3 Å². The van der Waals surface area contributed by atoms with Gasteiger partial charge in [-0.15, -0.1) is 0 Å². The fraction of sp³-hybridized carbons (Fsp3) is 0.231. The van der Waals surface area contributed by atoms with Gasteiger partial charge in [-0.25, -0.2) is 9.97 Å². The molecule has 1 aromatic carbocycles. The number of rotatable bonds is 2. The first-order chi connectivity index (χ1) is 8.72. The minimum atomic E-state index is -0.813. The van der Waals surface area contributed by atoms with Crippen LogP contribution in [0.25, 0.3) is 10.9 Å². The Balaban J connectivity index is 2.37. The number of nitrogen functional groups attached to an aromatic ring is 1. The third-order valence-corrected chi connectivity index (χ3v) is 2.47. The summed E-state index contributed by atoms with van der Waals surface area (Å²) in [5.41, 5.74) is 7.17. The zero-order valence-electron chi connectivity index (χ0n) is 9.67. The van der Waals surface area contributed by atoms with Gasteiger partial charge in [0.25, 0.3) is 0 Å². The zero-order valence-corrected chi connectivity index (χ0v) is 9.67. The SMILES string of the molecule is Nc1ncnc2c(C#CCC(O)CO)cccc12. The molecule has 1 unspecified atom stereocenters. The van der Waals surface area contributed by atoms with E-state index in [9.17, 15) is 5.11 Å². The summed E-state index contributed by atoms with van der Waals surface area (Å²) in [5.74, 6) is 6.13. The van der Waals surface area contributed by atoms with Crippen molar-refractivity contribution in [2.75, 3.05) is 12.3 Å². The molecule has 1 heterocycles. The molecule has 0 saturated heterocycles. The molecule has 2 aromatic rings. The smallest absolute Gasteiger partial charge is 0.134 e. The quantitative estimate of drug-likeness (QED) is 0.660. The average Bonchev–Trinajstić information content (AvgIpc) is 2.39. The summed E-state index contributed by atoms with van der Waals surface area (Å²) in [6.07, 6.45) is 0.797. The molecule has 0 saturated carbocycles. The number of aliphatic hydroxyl groups is 2. The van der Waals surface area contributed by atoms with Crippen LogP contribution in [0.2, 0.25) is 0 Å². The maximum absolute atomic E-state index is 9.20. The van der Waals surface area contributed by atoms with Crippen molar-refractivity contribution >= 4 is 16.7 Å². The summed E-state index contributed by atoms with van der Waals surface area (Å²) in [4.78, 5) is 8.07. The van der Waals surface area contributed by atoms with E-state index in [1.807, 2.05) is 18.2 Å². The van der Waals surface area contributed by atoms with Crippen molar-refractivity contribution in [2.24, 2.45) is 0 Å². The molecular weight excluding hydrogens is 230 g/mol. The minimum absolute atomic E-state index is 0.216. The molecule has 1 aromatic heterocycles. The number of benzene rings is 1. The normalized spacial score (nSPS) is 11.9. The summed E-state index contributed by atoms with van der Waals surface area (Å²) in [7, 11) is 0. The van der Waals surface area contributed by atoms with Crippen LogP contribution >= 0.6 is 0 Å². The third kappa shape index (κ3) is 2.56. The van der Waals surface area contributed by atoms with Gasteiger partial charge in [-0.05, 0) is 12.1 Å². The Morgan fingerprint density at radius 2 is 2.17 bits per heavy atom. The fourth-order valence-electron chi connectivity index (χ4n) is 1.54. The van der Waals surface area contributed by atoms with E-state index in [1.54, 1.807) is 0 Å². The molecule has 0 aliphatic rings. The molecule has 0 fully saturated rings. The average molecular weight is 243 g/mol. The molecule has 0 aliphatic carbocycles. The van der Waals surface area contributed by atoms with E-state index < -0.39 is 6.10 Å². The first-order valence-electron chi connectivity index (χ1n) is 5.49. The first-order valence-corrected chi connectivity index (χ1v) is 5.49. The highest BCUT2D eigenvalue weighted by molar-refractivity contribution is 5.91. The summed E-state index contributed by atoms with van der Waals surface area (Å²) >= 11 is 0. The van der Waals surface area contributed by atoms with Crippen molar-refractivity contribution in [1.82, 2.24) is 9.97 Å². The molecule has 92 valence electrons. The molecule has 5 nitrogen and oxygen atoms in total. The predicted molar refractivity (Wildman–Crippen MR) is 68.5 cm³/mol. The fourth-order valence-corrected chi connectivity index (χ4v) is 1.54. The second-order valence-corrected chi connectivity index (χ2v) is 3.80. The number of hydrogen-bond donors (Lipinski definition) is 3. The molecule has 18 heavy (non-hydrogen) atoms. The van der Waals surface area contributed by atoms with E-state index >= 15 is 0 Å². The Kier molecular flexibility index (Phi) is 3.72. The van der Waals surface area contributed by atoms with Crippen LogP contribution in [-0.4, -0.2) is 32.9 Å². The van der Waals surface area contributed by atoms with Crippen LogP contribution in [0, 0.1) is 11.8 Å². The van der Waals surface area contributed by atoms with E-state index in [0.717, 1.165) is 10.9 Å². The van der Waals surface area contributed by atoms with E-state index in [1.165, 1.54) is 6.33 Å². The lowest BCUT2D eigenvalue weighted by atomic mass is 10.1. The van der Waals surface area contributed by atoms with Crippen LogP contribution in [0.5, 0.6) is 0 Å². The van der Waals surface area contributed by atoms with Gasteiger partial charge in [-0.2, -0.15) is 0 Å². The lowest BCUT2D eigenvalue weighted by Gasteiger charge is -2.02. The standard InChI is InChI=1S/C13H13N3O2/c14-13-11-6-2-4-9(12(11)15-8-16-13)3-1-5-10(18)7-17/h2,4,6,8,10,17-18H,5,7H2,(H2,14,15,16). The Labute approximate surface area is 104 Å². The van der Waals surface area contributed by atoms with Crippen LogP contribution < -0.4 is 5.73 Å². The predicted octanol–water partition coefficient (Wildman–Crippen LogP) is 0.307. The highest BCUT2D eigenvalue weighted by Crippen LogP contribution is 2.19. The number of anilines is 1. The Bertz CT molecular complexity index is 616. The number of nitrogens with zero attached hydrogens (tertiary/aromatic N) is 2. The van der Waals surface area contributed by atoms with Gasteiger partial charge in [0.2, 0.25) is 0 Å². The van der Waals surface area contributed by atoms with Crippen molar-refractivity contribution in [3.05, 3.63) is 30.1 Å². The Morgan fingerprint density at radius 1 is 1.33 bits per heavy atom. The number of aromatic nitrogens is 2. The molecule has 0 amide bonds. The van der Waals surface area contributed by atoms with Gasteiger partial charge in [0.05, 0.1) is 23.8 Å². The largest absolute Gasteiger partial charge is 0.394 e. The maximum atomic E-state index is 9.20. The number of hydrogen-bond acceptors (Lipinski definition) is 5. The highest BCUT2D eigenvalue weighted by Gasteiger charge is 2.03. The second kappa shape index (κ2) is 5.45. The molecule has 1 atom stereocenters. The molecule has 4 N–H and O–H groups in total. The van der Waals surface area contributed by atoms with Gasteiger partial charge in [-0.1, -0.05) is 17.9 Å². The lowest BCUT2D eigenvalue weighted by Crippen LogP contribution is -2.09. The van der Waals surface area contributed by atoms with Crippen molar-refractivity contribution in [3.8, 4) is 11.8 Å². The zero-order chi connectivity index (χ0) is 13.0. The van der Waals surface area contributed by atoms with Gasteiger partial charge in [0.1, 0.15) is 12.1 Å². The number of nitrogens with two attached hydrogens (primary N) is 1. The van der Waals surface area contributed by atoms with Crippen LogP contribution in [0.4, 0.5) is 5.82 Å². The van der Waals surface area contributed by atoms with Gasteiger partial charge in [-0.3, -0.25) is 0 Å². The molecule has 0 aliphatic heterocycles. The van der Waals surface area contributed by atoms with E-state index in [-0.39, 0.29) is 13.0 Å². The van der Waals surface area contributed by atoms with E-state index in [4.69, 9.17) is 10.8 Å². The van der Waals surface area contributed by atoms with E-state index in [2.05, 4.69) is 21.8 Å². The van der Waals surface area contributed by atoms with Gasteiger partial charge in [0.15, 0.2) is 0 Å². The van der Waals surface area contributed by atoms with Crippen LogP contribution in [0.1, 0.15) is 12.0 Å². The first kappa shape index (κ1) is 12.3. The third-order valence-electron chi connectivity index (χ3n) is 2.47. The monoisotopic (exact) mass is 243 g/mol. The van der Waals surface area contributed by atoms with Crippen LogP contribution in [0.3, 0.4) is 0 Å². The van der Waals surface area contributed by atoms with Crippen molar-refractivity contribution < 1.29 is 10.2 Å².